The average Bonchev–Trinajstić information content (AvgIpc) is 3.37. The minimum atomic E-state index is -0.789. The van der Waals surface area contributed by atoms with Crippen molar-refractivity contribution in [3.63, 3.8) is 0 Å². The van der Waals surface area contributed by atoms with Crippen LogP contribution in [-0.2, 0) is 28.6 Å². The molecule has 0 saturated carbocycles. The number of carbonyl (C=O) groups excluding carboxylic acids is 3. The van der Waals surface area contributed by atoms with Crippen LogP contribution >= 0.6 is 0 Å². The van der Waals surface area contributed by atoms with E-state index < -0.39 is 6.10 Å². The Hall–Kier alpha value is -2.89. The number of carbonyl (C=O) groups is 3. The molecule has 0 aliphatic carbocycles. The monoisotopic (exact) mass is 993 g/mol. The van der Waals surface area contributed by atoms with Crippen molar-refractivity contribution in [3.8, 4) is 0 Å². The van der Waals surface area contributed by atoms with E-state index in [-0.39, 0.29) is 31.1 Å². The topological polar surface area (TPSA) is 78.9 Å². The maximum Gasteiger partial charge on any atom is 0.306 e. The van der Waals surface area contributed by atoms with Gasteiger partial charge in [0.2, 0.25) is 0 Å². The van der Waals surface area contributed by atoms with E-state index in [1.54, 1.807) is 0 Å². The molecule has 71 heavy (non-hydrogen) atoms. The Balaban J connectivity index is 4.33. The highest BCUT2D eigenvalue weighted by atomic mass is 16.6. The lowest BCUT2D eigenvalue weighted by molar-refractivity contribution is -0.167. The van der Waals surface area contributed by atoms with Gasteiger partial charge in [0.05, 0.1) is 0 Å². The van der Waals surface area contributed by atoms with Crippen LogP contribution in [0.5, 0.6) is 0 Å². The van der Waals surface area contributed by atoms with Crippen LogP contribution in [0.25, 0.3) is 0 Å². The van der Waals surface area contributed by atoms with Gasteiger partial charge in [0, 0.05) is 19.3 Å². The highest BCUT2D eigenvalue weighted by molar-refractivity contribution is 5.71. The SMILES string of the molecule is CC/C=C\C/C=C\C/C=C\C/C=C\C/C=C\CCCCCC(=O)OC(COC(=O)CCCCCCCCCCCCCC)COC(=O)CCCCCCCCCCCCCCCCCCCCCCCC. The minimum Gasteiger partial charge on any atom is -0.462 e. The van der Waals surface area contributed by atoms with Crippen LogP contribution in [0.2, 0.25) is 0 Å². The molecule has 0 saturated heterocycles. The number of hydrogen-bond donors (Lipinski definition) is 0. The van der Waals surface area contributed by atoms with E-state index >= 15 is 0 Å². The van der Waals surface area contributed by atoms with Crippen LogP contribution in [0.15, 0.2) is 60.8 Å². The molecule has 6 nitrogen and oxygen atoms in total. The third-order valence-electron chi connectivity index (χ3n) is 13.5. The van der Waals surface area contributed by atoms with Gasteiger partial charge in [-0.15, -0.1) is 0 Å². The van der Waals surface area contributed by atoms with Crippen molar-refractivity contribution in [1.29, 1.82) is 0 Å². The maximum atomic E-state index is 12.9. The molecule has 0 aromatic heterocycles. The molecule has 0 amide bonds. The fraction of sp³-hybridized carbons (Fsp3) is 0.800. The smallest absolute Gasteiger partial charge is 0.306 e. The maximum absolute atomic E-state index is 12.9. The summed E-state index contributed by atoms with van der Waals surface area (Å²) < 4.78 is 16.9. The lowest BCUT2D eigenvalue weighted by Crippen LogP contribution is -2.30. The second-order valence-electron chi connectivity index (χ2n) is 20.6. The zero-order chi connectivity index (χ0) is 51.4. The fourth-order valence-corrected chi connectivity index (χ4v) is 8.94. The van der Waals surface area contributed by atoms with Crippen molar-refractivity contribution in [2.75, 3.05) is 13.2 Å². The van der Waals surface area contributed by atoms with E-state index in [0.29, 0.717) is 19.3 Å². The molecular formula is C65H116O6. The van der Waals surface area contributed by atoms with Crippen LogP contribution in [0.3, 0.4) is 0 Å². The van der Waals surface area contributed by atoms with Crippen LogP contribution in [0.1, 0.15) is 316 Å². The third-order valence-corrected chi connectivity index (χ3v) is 13.5. The van der Waals surface area contributed by atoms with Gasteiger partial charge in [0.1, 0.15) is 13.2 Å². The number of unbranched alkanes of at least 4 members (excludes halogenated alkanes) is 35. The van der Waals surface area contributed by atoms with Crippen LogP contribution in [0.4, 0.5) is 0 Å². The highest BCUT2D eigenvalue weighted by Crippen LogP contribution is 2.17. The van der Waals surface area contributed by atoms with Gasteiger partial charge in [-0.05, 0) is 64.2 Å². The second-order valence-corrected chi connectivity index (χ2v) is 20.6. The number of allylic oxidation sites excluding steroid dienone is 10. The molecular weight excluding hydrogens is 877 g/mol. The van der Waals surface area contributed by atoms with Gasteiger partial charge in [-0.1, -0.05) is 293 Å². The fourth-order valence-electron chi connectivity index (χ4n) is 8.94. The first-order chi connectivity index (χ1) is 35.0. The summed E-state index contributed by atoms with van der Waals surface area (Å²) in [6, 6.07) is 0. The van der Waals surface area contributed by atoms with Crippen LogP contribution in [-0.4, -0.2) is 37.2 Å². The van der Waals surface area contributed by atoms with Crippen molar-refractivity contribution in [3.05, 3.63) is 60.8 Å². The Morgan fingerprint density at radius 2 is 0.549 bits per heavy atom. The zero-order valence-electron chi connectivity index (χ0n) is 47.2. The quantitative estimate of drug-likeness (QED) is 0.0261. The second kappa shape index (κ2) is 59.7. The largest absolute Gasteiger partial charge is 0.462 e. The van der Waals surface area contributed by atoms with Gasteiger partial charge in [-0.25, -0.2) is 0 Å². The molecule has 0 fully saturated rings. The molecule has 0 aromatic rings. The van der Waals surface area contributed by atoms with E-state index in [1.165, 1.54) is 180 Å². The summed E-state index contributed by atoms with van der Waals surface area (Å²) >= 11 is 0. The molecule has 0 spiro atoms. The highest BCUT2D eigenvalue weighted by Gasteiger charge is 2.19. The summed E-state index contributed by atoms with van der Waals surface area (Å²) in [4.78, 5) is 38.2. The summed E-state index contributed by atoms with van der Waals surface area (Å²) in [5, 5.41) is 0. The first-order valence-corrected chi connectivity index (χ1v) is 30.8. The average molecular weight is 994 g/mol. The molecule has 0 aliphatic rings. The van der Waals surface area contributed by atoms with E-state index in [9.17, 15) is 14.4 Å². The van der Waals surface area contributed by atoms with Crippen molar-refractivity contribution in [2.24, 2.45) is 0 Å². The molecule has 0 bridgehead atoms. The summed E-state index contributed by atoms with van der Waals surface area (Å²) in [5.41, 5.74) is 0. The standard InChI is InChI=1S/C65H116O6/c1-4-7-10-13-16-19-22-25-27-29-31-32-33-35-36-38-40-43-46-49-52-55-58-64(67)70-61-62(60-69-63(66)57-54-51-48-45-42-24-21-18-15-12-9-6-3)71-65(68)59-56-53-50-47-44-41-39-37-34-30-28-26-23-20-17-14-11-8-5-2/h8,11,17,20,26,28,34,37,41,44,62H,4-7,9-10,12-16,18-19,21-25,27,29-33,35-36,38-40,42-43,45-61H2,1-3H3/b11-8-,20-17-,28-26-,37-34-,44-41-. The van der Waals surface area contributed by atoms with Gasteiger partial charge in [0.25, 0.3) is 0 Å². The first-order valence-electron chi connectivity index (χ1n) is 30.8. The van der Waals surface area contributed by atoms with Gasteiger partial charge in [-0.2, -0.15) is 0 Å². The predicted molar refractivity (Wildman–Crippen MR) is 307 cm³/mol. The number of rotatable bonds is 56. The first kappa shape index (κ1) is 68.1. The third kappa shape index (κ3) is 57.9. The van der Waals surface area contributed by atoms with E-state index in [1.807, 2.05) is 0 Å². The van der Waals surface area contributed by atoms with Crippen LogP contribution < -0.4 is 0 Å². The number of hydrogen-bond acceptors (Lipinski definition) is 6. The number of ether oxygens (including phenoxy) is 3. The Morgan fingerprint density at radius 3 is 0.859 bits per heavy atom. The van der Waals surface area contributed by atoms with E-state index in [4.69, 9.17) is 14.2 Å². The zero-order valence-corrected chi connectivity index (χ0v) is 47.2. The Labute approximate surface area is 440 Å². The lowest BCUT2D eigenvalue weighted by Gasteiger charge is -2.18. The molecule has 0 aliphatic heterocycles. The summed E-state index contributed by atoms with van der Waals surface area (Å²) in [5.74, 6) is -0.899. The van der Waals surface area contributed by atoms with Gasteiger partial charge >= 0.3 is 17.9 Å². The minimum absolute atomic E-state index is 0.0835. The van der Waals surface area contributed by atoms with Crippen molar-refractivity contribution in [2.45, 2.75) is 322 Å². The Morgan fingerprint density at radius 1 is 0.296 bits per heavy atom. The Kier molecular flexibility index (Phi) is 57.2. The molecule has 0 rings (SSSR count). The van der Waals surface area contributed by atoms with Crippen molar-refractivity contribution < 1.29 is 28.6 Å². The molecule has 6 heteroatoms. The molecule has 0 aromatic carbocycles. The van der Waals surface area contributed by atoms with Gasteiger partial charge in [0.15, 0.2) is 6.10 Å². The van der Waals surface area contributed by atoms with E-state index in [0.717, 1.165) is 96.3 Å². The molecule has 412 valence electrons. The summed E-state index contributed by atoms with van der Waals surface area (Å²) in [6.07, 6.45) is 75.1. The normalized spacial score (nSPS) is 12.4. The lowest BCUT2D eigenvalue weighted by atomic mass is 10.0. The van der Waals surface area contributed by atoms with Gasteiger partial charge < -0.3 is 14.2 Å². The molecule has 0 N–H and O–H groups in total. The van der Waals surface area contributed by atoms with Crippen LogP contribution in [0, 0.1) is 0 Å². The number of esters is 3. The molecule has 0 heterocycles. The Bertz CT molecular complexity index is 1280. The summed E-state index contributed by atoms with van der Waals surface area (Å²) in [7, 11) is 0. The van der Waals surface area contributed by atoms with Gasteiger partial charge in [-0.3, -0.25) is 14.4 Å². The predicted octanol–water partition coefficient (Wildman–Crippen LogP) is 20.8. The molecule has 1 atom stereocenters. The van der Waals surface area contributed by atoms with E-state index in [2.05, 4.69) is 81.5 Å². The van der Waals surface area contributed by atoms with Crippen molar-refractivity contribution in [1.82, 2.24) is 0 Å². The van der Waals surface area contributed by atoms with Crippen molar-refractivity contribution >= 4 is 17.9 Å². The molecule has 1 unspecified atom stereocenters. The summed E-state index contributed by atoms with van der Waals surface area (Å²) in [6.45, 7) is 6.54. The molecule has 0 radical (unpaired) electrons.